The van der Waals surface area contributed by atoms with E-state index in [4.69, 9.17) is 9.84 Å². The monoisotopic (exact) mass is 322 g/mol. The molecule has 0 bridgehead atoms. The van der Waals surface area contributed by atoms with E-state index in [0.717, 1.165) is 18.2 Å². The molecule has 8 nitrogen and oxygen atoms in total. The first-order valence-electron chi connectivity index (χ1n) is 6.01. The van der Waals surface area contributed by atoms with Gasteiger partial charge in [-0.15, -0.1) is 0 Å². The van der Waals surface area contributed by atoms with Crippen molar-refractivity contribution in [2.24, 2.45) is 0 Å². The van der Waals surface area contributed by atoms with Gasteiger partial charge in [0.05, 0.1) is 18.1 Å². The van der Waals surface area contributed by atoms with Gasteiger partial charge in [0, 0.05) is 13.2 Å². The van der Waals surface area contributed by atoms with Crippen molar-refractivity contribution in [1.82, 2.24) is 4.72 Å². The fourth-order valence-electron chi connectivity index (χ4n) is 1.51. The van der Waals surface area contributed by atoms with E-state index in [9.17, 15) is 22.9 Å². The Kier molecular flexibility index (Phi) is 6.62. The first kappa shape index (κ1) is 17.4. The lowest BCUT2D eigenvalue weighted by molar-refractivity contribution is -0.390. The van der Waals surface area contributed by atoms with E-state index in [1.54, 1.807) is 0 Å². The number of ether oxygens (including phenoxy) is 1. The zero-order valence-electron chi connectivity index (χ0n) is 11.0. The number of benzene rings is 1. The van der Waals surface area contributed by atoms with Crippen LogP contribution in [0.25, 0.3) is 0 Å². The molecule has 1 rings (SSSR count). The van der Waals surface area contributed by atoms with Crippen molar-refractivity contribution in [3.05, 3.63) is 34.1 Å². The summed E-state index contributed by atoms with van der Waals surface area (Å²) in [5, 5.41) is 19.2. The van der Waals surface area contributed by atoms with Gasteiger partial charge in [0.1, 0.15) is 0 Å². The Morgan fingerprint density at radius 2 is 2.10 bits per heavy atom. The van der Waals surface area contributed by atoms with Gasteiger partial charge in [-0.2, -0.15) is 4.39 Å². The highest BCUT2D eigenvalue weighted by Crippen LogP contribution is 2.26. The third-order valence-corrected chi connectivity index (χ3v) is 3.91. The quantitative estimate of drug-likeness (QED) is 0.386. The summed E-state index contributed by atoms with van der Waals surface area (Å²) in [5.41, 5.74) is -1.08. The minimum absolute atomic E-state index is 0.0264. The maximum Gasteiger partial charge on any atom is 0.324 e. The molecule has 0 aliphatic carbocycles. The van der Waals surface area contributed by atoms with Crippen molar-refractivity contribution < 1.29 is 27.6 Å². The summed E-state index contributed by atoms with van der Waals surface area (Å²) in [6, 6.07) is 2.87. The van der Waals surface area contributed by atoms with Crippen LogP contribution >= 0.6 is 0 Å². The Morgan fingerprint density at radius 1 is 1.38 bits per heavy atom. The van der Waals surface area contributed by atoms with Crippen molar-refractivity contribution in [3.63, 3.8) is 0 Å². The van der Waals surface area contributed by atoms with Gasteiger partial charge in [0.15, 0.2) is 4.90 Å². The normalized spacial score (nSPS) is 11.5. The Bertz CT molecular complexity index is 592. The number of halogens is 1. The molecular weight excluding hydrogens is 307 g/mol. The Hall–Kier alpha value is -1.62. The highest BCUT2D eigenvalue weighted by atomic mass is 32.2. The van der Waals surface area contributed by atoms with Gasteiger partial charge in [-0.3, -0.25) is 10.1 Å². The van der Waals surface area contributed by atoms with Crippen LogP contribution in [0.15, 0.2) is 23.1 Å². The third kappa shape index (κ3) is 5.01. The SMILES string of the molecule is O=[N+]([O-])c1c(F)cccc1S(=O)(=O)NCCCOCCO. The topological polar surface area (TPSA) is 119 Å². The second-order valence-electron chi connectivity index (χ2n) is 3.93. The lowest BCUT2D eigenvalue weighted by Crippen LogP contribution is -2.26. The first-order chi connectivity index (χ1) is 9.90. The first-order valence-corrected chi connectivity index (χ1v) is 7.49. The predicted octanol–water partition coefficient (Wildman–Crippen LogP) is 0.411. The molecule has 1 aromatic rings. The molecule has 0 saturated carbocycles. The van der Waals surface area contributed by atoms with Gasteiger partial charge in [-0.1, -0.05) is 6.07 Å². The standard InChI is InChI=1S/C11H15FN2O6S/c12-9-3-1-4-10(11(9)14(16)17)21(18,19)13-5-2-7-20-8-6-15/h1,3-4,13,15H,2,5-8H2. The molecule has 10 heteroatoms. The number of rotatable bonds is 9. The molecule has 2 N–H and O–H groups in total. The molecule has 0 spiro atoms. The fraction of sp³-hybridized carbons (Fsp3) is 0.455. The highest BCUT2D eigenvalue weighted by Gasteiger charge is 2.28. The number of nitro benzene ring substituents is 1. The number of sulfonamides is 1. The van der Waals surface area contributed by atoms with E-state index in [0.29, 0.717) is 6.42 Å². The molecule has 0 aliphatic heterocycles. The second-order valence-corrected chi connectivity index (χ2v) is 5.67. The van der Waals surface area contributed by atoms with Crippen LogP contribution in [0.3, 0.4) is 0 Å². The van der Waals surface area contributed by atoms with Crippen LogP contribution in [0.5, 0.6) is 0 Å². The van der Waals surface area contributed by atoms with Crippen LogP contribution in [0.1, 0.15) is 6.42 Å². The summed E-state index contributed by atoms with van der Waals surface area (Å²) in [6.07, 6.45) is 0.308. The summed E-state index contributed by atoms with van der Waals surface area (Å²) in [7, 11) is -4.19. The summed E-state index contributed by atoms with van der Waals surface area (Å²) in [5.74, 6) is -1.21. The third-order valence-electron chi connectivity index (χ3n) is 2.42. The van der Waals surface area contributed by atoms with Crippen LogP contribution < -0.4 is 4.72 Å². The molecule has 0 heterocycles. The lowest BCUT2D eigenvalue weighted by atomic mass is 10.3. The molecule has 118 valence electrons. The number of aliphatic hydroxyl groups is 1. The summed E-state index contributed by atoms with van der Waals surface area (Å²) < 4.78 is 44.3. The Labute approximate surface area is 120 Å². The molecule has 0 aromatic heterocycles. The van der Waals surface area contributed by atoms with E-state index in [1.165, 1.54) is 0 Å². The van der Waals surface area contributed by atoms with Gasteiger partial charge in [-0.05, 0) is 18.6 Å². The van der Waals surface area contributed by atoms with E-state index in [-0.39, 0.29) is 26.4 Å². The fourth-order valence-corrected chi connectivity index (χ4v) is 2.77. The van der Waals surface area contributed by atoms with Crippen molar-refractivity contribution in [1.29, 1.82) is 0 Å². The summed E-state index contributed by atoms with van der Waals surface area (Å²) >= 11 is 0. The number of nitro groups is 1. The molecule has 0 unspecified atom stereocenters. The molecule has 21 heavy (non-hydrogen) atoms. The molecule has 0 saturated heterocycles. The number of hydrogen-bond acceptors (Lipinski definition) is 6. The number of aliphatic hydroxyl groups excluding tert-OH is 1. The molecule has 0 amide bonds. The van der Waals surface area contributed by atoms with Gasteiger partial charge >= 0.3 is 5.69 Å². The largest absolute Gasteiger partial charge is 0.394 e. The average Bonchev–Trinajstić information content (AvgIpc) is 2.42. The summed E-state index contributed by atoms with van der Waals surface area (Å²) in [6.45, 7) is 0.194. The molecule has 0 fully saturated rings. The van der Waals surface area contributed by atoms with Crippen molar-refractivity contribution in [2.75, 3.05) is 26.4 Å². The van der Waals surface area contributed by atoms with E-state index in [2.05, 4.69) is 4.72 Å². The minimum Gasteiger partial charge on any atom is -0.394 e. The van der Waals surface area contributed by atoms with Gasteiger partial charge in [0.2, 0.25) is 15.8 Å². The zero-order valence-corrected chi connectivity index (χ0v) is 11.8. The number of nitrogens with zero attached hydrogens (tertiary/aromatic N) is 1. The van der Waals surface area contributed by atoms with Gasteiger partial charge < -0.3 is 9.84 Å². The van der Waals surface area contributed by atoms with Crippen LogP contribution in [0.2, 0.25) is 0 Å². The van der Waals surface area contributed by atoms with Gasteiger partial charge in [0.25, 0.3) is 0 Å². The van der Waals surface area contributed by atoms with Crippen molar-refractivity contribution in [3.8, 4) is 0 Å². The molecular formula is C11H15FN2O6S. The van der Waals surface area contributed by atoms with Crippen LogP contribution in [0.4, 0.5) is 10.1 Å². The predicted molar refractivity (Wildman–Crippen MR) is 70.8 cm³/mol. The van der Waals surface area contributed by atoms with Crippen molar-refractivity contribution >= 4 is 15.7 Å². The molecule has 0 radical (unpaired) electrons. The smallest absolute Gasteiger partial charge is 0.324 e. The van der Waals surface area contributed by atoms with E-state index >= 15 is 0 Å². The second kappa shape index (κ2) is 7.98. The summed E-state index contributed by atoms with van der Waals surface area (Å²) in [4.78, 5) is 8.97. The van der Waals surface area contributed by atoms with Crippen LogP contribution in [-0.2, 0) is 14.8 Å². The Morgan fingerprint density at radius 3 is 2.71 bits per heavy atom. The number of nitrogens with one attached hydrogen (secondary N) is 1. The Balaban J connectivity index is 2.75. The van der Waals surface area contributed by atoms with E-state index in [1.807, 2.05) is 0 Å². The maximum atomic E-state index is 13.4. The van der Waals surface area contributed by atoms with Gasteiger partial charge in [-0.25, -0.2) is 13.1 Å². The maximum absolute atomic E-state index is 13.4. The average molecular weight is 322 g/mol. The lowest BCUT2D eigenvalue weighted by Gasteiger charge is -2.07. The van der Waals surface area contributed by atoms with Crippen molar-refractivity contribution in [2.45, 2.75) is 11.3 Å². The van der Waals surface area contributed by atoms with E-state index < -0.39 is 31.3 Å². The number of hydrogen-bond donors (Lipinski definition) is 2. The molecule has 0 aliphatic rings. The van der Waals surface area contributed by atoms with Crippen LogP contribution in [-0.4, -0.2) is 44.8 Å². The van der Waals surface area contributed by atoms with Crippen LogP contribution in [0, 0.1) is 15.9 Å². The minimum atomic E-state index is -4.19. The molecule has 1 aromatic carbocycles. The zero-order chi connectivity index (χ0) is 15.9. The molecule has 0 atom stereocenters. The number of para-hydroxylation sites is 1. The highest BCUT2D eigenvalue weighted by molar-refractivity contribution is 7.89.